The second-order valence-electron chi connectivity index (χ2n) is 6.15. The van der Waals surface area contributed by atoms with Gasteiger partial charge in [-0.1, -0.05) is 18.2 Å². The lowest BCUT2D eigenvalue weighted by Crippen LogP contribution is -2.41. The van der Waals surface area contributed by atoms with Gasteiger partial charge in [-0.2, -0.15) is 0 Å². The lowest BCUT2D eigenvalue weighted by molar-refractivity contribution is 0.409. The number of nitrogens with one attached hydrogen (secondary N) is 2. The predicted octanol–water partition coefficient (Wildman–Crippen LogP) is 1.95. The molecule has 0 saturated carbocycles. The van der Waals surface area contributed by atoms with Gasteiger partial charge in [0.15, 0.2) is 5.96 Å². The van der Waals surface area contributed by atoms with Crippen molar-refractivity contribution in [1.29, 1.82) is 0 Å². The summed E-state index contributed by atoms with van der Waals surface area (Å²) in [7, 11) is 2.56. The molecule has 0 aliphatic heterocycles. The standard InChI is InChI=1S/C17H29N3O2S/c1-17(2,3)23(21)13-12-20-16(18-4)19-11-10-14-8-6-7-9-15(14)22-5/h6-9H,10-13H2,1-5H3,(H2,18,19,20). The Kier molecular flexibility index (Phi) is 8.09. The van der Waals surface area contributed by atoms with Crippen molar-refractivity contribution in [1.82, 2.24) is 10.6 Å². The van der Waals surface area contributed by atoms with E-state index in [-0.39, 0.29) is 4.75 Å². The van der Waals surface area contributed by atoms with Crippen LogP contribution in [0, 0.1) is 0 Å². The molecule has 23 heavy (non-hydrogen) atoms. The Balaban J connectivity index is 2.36. The van der Waals surface area contributed by atoms with Crippen LogP contribution in [0.4, 0.5) is 0 Å². The van der Waals surface area contributed by atoms with Crippen LogP contribution in [0.1, 0.15) is 26.3 Å². The Bertz CT molecular complexity index is 539. The summed E-state index contributed by atoms with van der Waals surface area (Å²) in [5, 5.41) is 6.47. The fraction of sp³-hybridized carbons (Fsp3) is 0.588. The predicted molar refractivity (Wildman–Crippen MR) is 98.8 cm³/mol. The van der Waals surface area contributed by atoms with Crippen LogP contribution < -0.4 is 15.4 Å². The summed E-state index contributed by atoms with van der Waals surface area (Å²) in [5.74, 6) is 2.24. The molecule has 0 aromatic heterocycles. The first-order valence-electron chi connectivity index (χ1n) is 7.83. The van der Waals surface area contributed by atoms with Crippen LogP contribution in [0.25, 0.3) is 0 Å². The number of para-hydroxylation sites is 1. The molecule has 0 aliphatic carbocycles. The van der Waals surface area contributed by atoms with Crippen LogP contribution in [-0.2, 0) is 17.2 Å². The van der Waals surface area contributed by atoms with Gasteiger partial charge in [-0.25, -0.2) is 0 Å². The molecule has 5 nitrogen and oxygen atoms in total. The Morgan fingerprint density at radius 2 is 1.87 bits per heavy atom. The number of hydrogen-bond acceptors (Lipinski definition) is 3. The van der Waals surface area contributed by atoms with Gasteiger partial charge in [-0.05, 0) is 38.8 Å². The molecular formula is C17H29N3O2S. The highest BCUT2D eigenvalue weighted by atomic mass is 32.2. The molecule has 0 radical (unpaired) electrons. The van der Waals surface area contributed by atoms with Crippen molar-refractivity contribution in [3.05, 3.63) is 29.8 Å². The second-order valence-corrected chi connectivity index (χ2v) is 8.47. The van der Waals surface area contributed by atoms with Crippen LogP contribution >= 0.6 is 0 Å². The lowest BCUT2D eigenvalue weighted by atomic mass is 10.1. The molecule has 0 bridgehead atoms. The van der Waals surface area contributed by atoms with Crippen molar-refractivity contribution in [2.45, 2.75) is 31.9 Å². The number of methoxy groups -OCH3 is 1. The Morgan fingerprint density at radius 3 is 2.48 bits per heavy atom. The average molecular weight is 340 g/mol. The van der Waals surface area contributed by atoms with Crippen molar-refractivity contribution >= 4 is 16.8 Å². The summed E-state index contributed by atoms with van der Waals surface area (Å²) in [6.45, 7) is 7.36. The first-order valence-corrected chi connectivity index (χ1v) is 9.15. The van der Waals surface area contributed by atoms with E-state index in [1.807, 2.05) is 39.0 Å². The summed E-state index contributed by atoms with van der Waals surface area (Å²) in [4.78, 5) is 4.19. The normalized spacial score (nSPS) is 13.5. The molecule has 1 aromatic carbocycles. The van der Waals surface area contributed by atoms with Crippen molar-refractivity contribution < 1.29 is 8.95 Å². The number of ether oxygens (including phenoxy) is 1. The van der Waals surface area contributed by atoms with Crippen molar-refractivity contribution in [3.8, 4) is 5.75 Å². The minimum Gasteiger partial charge on any atom is -0.496 e. The van der Waals surface area contributed by atoms with Crippen LogP contribution in [0.5, 0.6) is 5.75 Å². The molecule has 1 aromatic rings. The van der Waals surface area contributed by atoms with Gasteiger partial charge >= 0.3 is 0 Å². The second kappa shape index (κ2) is 9.55. The zero-order valence-electron chi connectivity index (χ0n) is 14.8. The minimum atomic E-state index is -0.857. The van der Waals surface area contributed by atoms with Gasteiger partial charge in [0.05, 0.1) is 7.11 Å². The Labute approximate surface area is 142 Å². The first-order chi connectivity index (χ1) is 10.9. The maximum Gasteiger partial charge on any atom is 0.191 e. The smallest absolute Gasteiger partial charge is 0.191 e. The molecule has 0 amide bonds. The van der Waals surface area contributed by atoms with Gasteiger partial charge in [0, 0.05) is 41.4 Å². The van der Waals surface area contributed by atoms with Crippen LogP contribution in [0.3, 0.4) is 0 Å². The zero-order chi connectivity index (χ0) is 17.3. The molecule has 6 heteroatoms. The van der Waals surface area contributed by atoms with E-state index in [0.29, 0.717) is 12.3 Å². The summed E-state index contributed by atoms with van der Waals surface area (Å²) < 4.78 is 17.2. The van der Waals surface area contributed by atoms with Crippen LogP contribution in [0.2, 0.25) is 0 Å². The molecule has 1 rings (SSSR count). The number of rotatable bonds is 7. The third kappa shape index (κ3) is 7.03. The highest BCUT2D eigenvalue weighted by Gasteiger charge is 2.18. The van der Waals surface area contributed by atoms with Gasteiger partial charge in [0.2, 0.25) is 0 Å². The summed E-state index contributed by atoms with van der Waals surface area (Å²) in [6.07, 6.45) is 0.846. The molecule has 0 fully saturated rings. The monoisotopic (exact) mass is 339 g/mol. The van der Waals surface area contributed by atoms with E-state index >= 15 is 0 Å². The molecular weight excluding hydrogens is 310 g/mol. The molecule has 0 heterocycles. The number of guanidine groups is 1. The fourth-order valence-corrected chi connectivity index (χ4v) is 2.91. The molecule has 0 spiro atoms. The van der Waals surface area contributed by atoms with E-state index in [1.165, 1.54) is 0 Å². The molecule has 2 N–H and O–H groups in total. The largest absolute Gasteiger partial charge is 0.496 e. The molecule has 0 aliphatic rings. The van der Waals surface area contributed by atoms with E-state index < -0.39 is 10.8 Å². The SMILES string of the molecule is CN=C(NCCc1ccccc1OC)NCCS(=O)C(C)(C)C. The van der Waals surface area contributed by atoms with Crippen molar-refractivity contribution in [2.24, 2.45) is 4.99 Å². The summed E-state index contributed by atoms with van der Waals surface area (Å²) >= 11 is 0. The van der Waals surface area contributed by atoms with Crippen molar-refractivity contribution in [3.63, 3.8) is 0 Å². The highest BCUT2D eigenvalue weighted by Crippen LogP contribution is 2.17. The van der Waals surface area contributed by atoms with Crippen LogP contribution in [0.15, 0.2) is 29.3 Å². The summed E-state index contributed by atoms with van der Waals surface area (Å²) in [6, 6.07) is 7.99. The maximum absolute atomic E-state index is 12.0. The van der Waals surface area contributed by atoms with E-state index in [1.54, 1.807) is 14.2 Å². The third-order valence-corrected chi connectivity index (χ3v) is 5.31. The minimum absolute atomic E-state index is 0.178. The fourth-order valence-electron chi connectivity index (χ4n) is 2.01. The van der Waals surface area contributed by atoms with Gasteiger partial charge < -0.3 is 15.4 Å². The maximum atomic E-state index is 12.0. The highest BCUT2D eigenvalue weighted by molar-refractivity contribution is 7.86. The average Bonchev–Trinajstić information content (AvgIpc) is 2.52. The van der Waals surface area contributed by atoms with Crippen molar-refractivity contribution in [2.75, 3.05) is 33.0 Å². The van der Waals surface area contributed by atoms with Gasteiger partial charge in [0.1, 0.15) is 5.75 Å². The Morgan fingerprint density at radius 1 is 1.22 bits per heavy atom. The number of hydrogen-bond donors (Lipinski definition) is 2. The van der Waals surface area contributed by atoms with E-state index in [9.17, 15) is 4.21 Å². The van der Waals surface area contributed by atoms with E-state index in [0.717, 1.165) is 30.2 Å². The van der Waals surface area contributed by atoms with Gasteiger partial charge in [-0.3, -0.25) is 9.20 Å². The Hall–Kier alpha value is -1.56. The number of benzene rings is 1. The quantitative estimate of drug-likeness (QED) is 0.589. The number of nitrogens with zero attached hydrogens (tertiary/aromatic N) is 1. The molecule has 130 valence electrons. The molecule has 1 unspecified atom stereocenters. The lowest BCUT2D eigenvalue weighted by Gasteiger charge is -2.18. The molecule has 1 atom stereocenters. The molecule has 0 saturated heterocycles. The van der Waals surface area contributed by atoms with Crippen LogP contribution in [-0.4, -0.2) is 47.9 Å². The summed E-state index contributed by atoms with van der Waals surface area (Å²) in [5.41, 5.74) is 1.16. The van der Waals surface area contributed by atoms with E-state index in [4.69, 9.17) is 4.74 Å². The van der Waals surface area contributed by atoms with E-state index in [2.05, 4.69) is 21.7 Å². The third-order valence-electron chi connectivity index (χ3n) is 3.37. The van der Waals surface area contributed by atoms with Gasteiger partial charge in [0.25, 0.3) is 0 Å². The van der Waals surface area contributed by atoms with Gasteiger partial charge in [-0.15, -0.1) is 0 Å². The topological polar surface area (TPSA) is 62.7 Å². The number of aliphatic imine (C=N–C) groups is 1. The zero-order valence-corrected chi connectivity index (χ0v) is 15.6. The first kappa shape index (κ1) is 19.5.